The first-order valence-corrected chi connectivity index (χ1v) is 4.12. The fourth-order valence-corrected chi connectivity index (χ4v) is 1.46. The lowest BCUT2D eigenvalue weighted by atomic mass is 9.89. The van der Waals surface area contributed by atoms with Crippen molar-refractivity contribution >= 4 is 11.9 Å². The molecule has 0 bridgehead atoms. The summed E-state index contributed by atoms with van der Waals surface area (Å²) in [5.74, 6) is -1.12. The largest absolute Gasteiger partial charge is 0.479 e. The maximum atomic E-state index is 11.0. The van der Waals surface area contributed by atoms with Gasteiger partial charge in [0.25, 0.3) is 0 Å². The first-order valence-electron chi connectivity index (χ1n) is 4.12. The molecule has 1 aliphatic rings. The van der Waals surface area contributed by atoms with E-state index in [1.54, 1.807) is 0 Å². The van der Waals surface area contributed by atoms with Crippen molar-refractivity contribution < 1.29 is 9.90 Å². The van der Waals surface area contributed by atoms with Gasteiger partial charge in [-0.25, -0.2) is 9.79 Å². The smallest absolute Gasteiger partial charge is 0.331 e. The zero-order valence-electron chi connectivity index (χ0n) is 7.29. The Bertz CT molecular complexity index is 229. The number of nitrogens with zero attached hydrogens (tertiary/aromatic N) is 1. The van der Waals surface area contributed by atoms with Crippen molar-refractivity contribution in [1.82, 2.24) is 5.32 Å². The van der Waals surface area contributed by atoms with E-state index in [-0.39, 0.29) is 5.96 Å². The van der Waals surface area contributed by atoms with Gasteiger partial charge in [0.05, 0.1) is 0 Å². The van der Waals surface area contributed by atoms with Gasteiger partial charge in [-0.2, -0.15) is 0 Å². The Labute approximate surface area is 76.0 Å². The average molecular weight is 186 g/mol. The van der Waals surface area contributed by atoms with Crippen molar-refractivity contribution in [3.8, 4) is 0 Å². The molecule has 0 amide bonds. The van der Waals surface area contributed by atoms with Crippen LogP contribution in [0.1, 0.15) is 12.8 Å². The van der Waals surface area contributed by atoms with Crippen molar-refractivity contribution in [2.45, 2.75) is 18.4 Å². The maximum Gasteiger partial charge on any atom is 0.331 e. The number of piperidine rings is 1. The fraction of sp³-hybridized carbons (Fsp3) is 0.714. The van der Waals surface area contributed by atoms with Crippen molar-refractivity contribution in [3.05, 3.63) is 0 Å². The molecular formula is C7H14N4O2. The molecule has 0 aromatic rings. The highest BCUT2D eigenvalue weighted by Crippen LogP contribution is 2.23. The normalized spacial score (nSPS) is 20.6. The summed E-state index contributed by atoms with van der Waals surface area (Å²) in [5.41, 5.74) is 9.27. The summed E-state index contributed by atoms with van der Waals surface area (Å²) < 4.78 is 0. The Morgan fingerprint density at radius 3 is 2.31 bits per heavy atom. The Morgan fingerprint density at radius 2 is 1.92 bits per heavy atom. The highest BCUT2D eigenvalue weighted by atomic mass is 16.4. The standard InChI is InChI=1S/C7H14N4O2/c8-6(9)11-7(5(12)13)1-3-10-4-2-7/h10H,1-4H2,(H,12,13)(H4,8,9,11). The quantitative estimate of drug-likeness (QED) is 0.308. The van der Waals surface area contributed by atoms with E-state index >= 15 is 0 Å². The van der Waals surface area contributed by atoms with Gasteiger partial charge in [0.2, 0.25) is 0 Å². The molecule has 1 fully saturated rings. The van der Waals surface area contributed by atoms with Crippen molar-refractivity contribution in [2.24, 2.45) is 16.5 Å². The number of carbonyl (C=O) groups is 1. The van der Waals surface area contributed by atoms with Crippen LogP contribution >= 0.6 is 0 Å². The molecule has 74 valence electrons. The number of aliphatic imine (C=N–C) groups is 1. The third-order valence-electron chi connectivity index (χ3n) is 2.17. The summed E-state index contributed by atoms with van der Waals surface area (Å²) in [6, 6.07) is 0. The summed E-state index contributed by atoms with van der Waals surface area (Å²) >= 11 is 0. The molecule has 0 spiro atoms. The van der Waals surface area contributed by atoms with Crippen LogP contribution in [0.2, 0.25) is 0 Å². The van der Waals surface area contributed by atoms with Crippen LogP contribution in [0.25, 0.3) is 0 Å². The molecule has 0 aromatic heterocycles. The summed E-state index contributed by atoms with van der Waals surface area (Å²) in [5, 5.41) is 12.0. The van der Waals surface area contributed by atoms with E-state index in [1.807, 2.05) is 0 Å². The van der Waals surface area contributed by atoms with Gasteiger partial charge in [-0.15, -0.1) is 0 Å². The van der Waals surface area contributed by atoms with E-state index in [9.17, 15) is 4.79 Å². The van der Waals surface area contributed by atoms with E-state index in [0.717, 1.165) is 0 Å². The average Bonchev–Trinajstić information content (AvgIpc) is 2.04. The van der Waals surface area contributed by atoms with Crippen molar-refractivity contribution in [3.63, 3.8) is 0 Å². The van der Waals surface area contributed by atoms with Crippen molar-refractivity contribution in [2.75, 3.05) is 13.1 Å². The van der Waals surface area contributed by atoms with E-state index in [1.165, 1.54) is 0 Å². The highest BCUT2D eigenvalue weighted by molar-refractivity contribution is 5.85. The van der Waals surface area contributed by atoms with Crippen LogP contribution in [0.4, 0.5) is 0 Å². The SMILES string of the molecule is NC(N)=NC1(C(=O)O)CCNCC1. The molecule has 0 aliphatic carbocycles. The monoisotopic (exact) mass is 186 g/mol. The molecule has 6 heteroatoms. The third kappa shape index (κ3) is 2.09. The Morgan fingerprint density at radius 1 is 1.38 bits per heavy atom. The third-order valence-corrected chi connectivity index (χ3v) is 2.17. The van der Waals surface area contributed by atoms with Crippen molar-refractivity contribution in [1.29, 1.82) is 0 Å². The van der Waals surface area contributed by atoms with Gasteiger partial charge >= 0.3 is 5.97 Å². The number of hydrogen-bond acceptors (Lipinski definition) is 3. The second-order valence-electron chi connectivity index (χ2n) is 3.12. The lowest BCUT2D eigenvalue weighted by Gasteiger charge is -2.29. The molecule has 0 atom stereocenters. The second-order valence-corrected chi connectivity index (χ2v) is 3.12. The first-order chi connectivity index (χ1) is 6.07. The molecule has 0 unspecified atom stereocenters. The number of guanidine groups is 1. The van der Waals surface area contributed by atoms with Gasteiger partial charge in [0.15, 0.2) is 11.5 Å². The Balaban J connectivity index is 2.86. The van der Waals surface area contributed by atoms with E-state index in [2.05, 4.69) is 10.3 Å². The van der Waals surface area contributed by atoms with E-state index in [4.69, 9.17) is 16.6 Å². The molecule has 1 rings (SSSR count). The van der Waals surface area contributed by atoms with E-state index < -0.39 is 11.5 Å². The molecule has 1 heterocycles. The lowest BCUT2D eigenvalue weighted by molar-refractivity contribution is -0.144. The van der Waals surface area contributed by atoms with Gasteiger partial charge in [-0.1, -0.05) is 0 Å². The minimum atomic E-state index is -1.11. The van der Waals surface area contributed by atoms with Gasteiger partial charge < -0.3 is 21.9 Å². The molecule has 13 heavy (non-hydrogen) atoms. The van der Waals surface area contributed by atoms with Gasteiger partial charge in [0, 0.05) is 0 Å². The molecular weight excluding hydrogens is 172 g/mol. The predicted molar refractivity (Wildman–Crippen MR) is 48.3 cm³/mol. The van der Waals surface area contributed by atoms with E-state index in [0.29, 0.717) is 25.9 Å². The Hall–Kier alpha value is -1.30. The van der Waals surface area contributed by atoms with Crippen LogP contribution in [0.3, 0.4) is 0 Å². The van der Waals surface area contributed by atoms with Crippen LogP contribution in [0.15, 0.2) is 4.99 Å². The number of nitrogens with two attached hydrogens (primary N) is 2. The molecule has 0 aromatic carbocycles. The maximum absolute atomic E-state index is 11.0. The first kappa shape index (κ1) is 9.79. The van der Waals surface area contributed by atoms with Crippen LogP contribution in [-0.4, -0.2) is 35.7 Å². The van der Waals surface area contributed by atoms with Gasteiger partial charge in [-0.05, 0) is 25.9 Å². The van der Waals surface area contributed by atoms with Crippen LogP contribution in [-0.2, 0) is 4.79 Å². The molecule has 1 aliphatic heterocycles. The van der Waals surface area contributed by atoms with Gasteiger partial charge in [-0.3, -0.25) is 0 Å². The number of hydrogen-bond donors (Lipinski definition) is 4. The van der Waals surface area contributed by atoms with Crippen LogP contribution in [0.5, 0.6) is 0 Å². The number of carboxylic acids is 1. The summed E-state index contributed by atoms with van der Waals surface area (Å²) in [4.78, 5) is 14.8. The molecule has 0 saturated carbocycles. The number of nitrogens with one attached hydrogen (secondary N) is 1. The fourth-order valence-electron chi connectivity index (χ4n) is 1.46. The Kier molecular flexibility index (Phi) is 2.72. The molecule has 6 nitrogen and oxygen atoms in total. The second kappa shape index (κ2) is 3.61. The zero-order valence-corrected chi connectivity index (χ0v) is 7.29. The summed E-state index contributed by atoms with van der Waals surface area (Å²) in [6.07, 6.45) is 0.862. The lowest BCUT2D eigenvalue weighted by Crippen LogP contribution is -2.48. The minimum absolute atomic E-state index is 0.163. The highest BCUT2D eigenvalue weighted by Gasteiger charge is 2.39. The summed E-state index contributed by atoms with van der Waals surface area (Å²) in [7, 11) is 0. The zero-order chi connectivity index (χ0) is 9.90. The number of rotatable bonds is 2. The number of carboxylic acid groups (broad SMARTS) is 1. The minimum Gasteiger partial charge on any atom is -0.479 e. The predicted octanol–water partition coefficient (Wildman–Crippen LogP) is -1.53. The molecule has 0 radical (unpaired) electrons. The topological polar surface area (TPSA) is 114 Å². The number of aliphatic carboxylic acids is 1. The molecule has 6 N–H and O–H groups in total. The van der Waals surface area contributed by atoms with Crippen LogP contribution in [0, 0.1) is 0 Å². The summed E-state index contributed by atoms with van der Waals surface area (Å²) in [6.45, 7) is 1.26. The van der Waals surface area contributed by atoms with Crippen LogP contribution < -0.4 is 16.8 Å². The molecule has 1 saturated heterocycles. The van der Waals surface area contributed by atoms with Gasteiger partial charge in [0.1, 0.15) is 0 Å².